The summed E-state index contributed by atoms with van der Waals surface area (Å²) in [5.74, 6) is -0.101. The summed E-state index contributed by atoms with van der Waals surface area (Å²) in [7, 11) is 2.90. The standard InChI is InChI=1S/C32H33FN4O8/c1-5-43-31(39)29-19(2)35-32(40)36-30(29)21-11-13-25(27(15-21)42-4)45-18-28(38)37-34-16-20-10-12-24(26(14-20)41-3)44-17-22-8-6-7-9-23(22)33/h6-16,30H,5,17-18H2,1-4H3,(H,37,38)(H2,35,36,40)/b34-16-/t30-/m0/s1. The Kier molecular flexibility index (Phi) is 10.9. The minimum Gasteiger partial charge on any atom is -0.493 e. The summed E-state index contributed by atoms with van der Waals surface area (Å²) in [5.41, 5.74) is 4.59. The van der Waals surface area contributed by atoms with E-state index in [9.17, 15) is 18.8 Å². The summed E-state index contributed by atoms with van der Waals surface area (Å²) < 4.78 is 41.2. The second-order valence-corrected chi connectivity index (χ2v) is 9.57. The number of methoxy groups -OCH3 is 2. The van der Waals surface area contributed by atoms with Gasteiger partial charge in [0.1, 0.15) is 12.4 Å². The molecule has 45 heavy (non-hydrogen) atoms. The molecule has 13 heteroatoms. The van der Waals surface area contributed by atoms with Crippen LogP contribution in [-0.2, 0) is 20.9 Å². The first-order valence-electron chi connectivity index (χ1n) is 13.9. The zero-order valence-corrected chi connectivity index (χ0v) is 25.1. The highest BCUT2D eigenvalue weighted by Crippen LogP contribution is 2.34. The molecule has 12 nitrogen and oxygen atoms in total. The van der Waals surface area contributed by atoms with Gasteiger partial charge in [0, 0.05) is 11.3 Å². The summed E-state index contributed by atoms with van der Waals surface area (Å²) in [5, 5.41) is 9.26. The number of carbonyl (C=O) groups excluding carboxylic acids is 3. The van der Waals surface area contributed by atoms with E-state index in [2.05, 4.69) is 21.2 Å². The molecule has 1 aliphatic rings. The fourth-order valence-corrected chi connectivity index (χ4v) is 4.42. The third-order valence-corrected chi connectivity index (χ3v) is 6.58. The van der Waals surface area contributed by atoms with Gasteiger partial charge in [-0.2, -0.15) is 5.10 Å². The largest absolute Gasteiger partial charge is 0.493 e. The molecule has 0 bridgehead atoms. The van der Waals surface area contributed by atoms with Gasteiger partial charge in [0.05, 0.1) is 38.7 Å². The lowest BCUT2D eigenvalue weighted by molar-refractivity contribution is -0.139. The smallest absolute Gasteiger partial charge is 0.338 e. The first kappa shape index (κ1) is 32.3. The highest BCUT2D eigenvalue weighted by molar-refractivity contribution is 5.95. The van der Waals surface area contributed by atoms with Gasteiger partial charge in [-0.3, -0.25) is 4.79 Å². The van der Waals surface area contributed by atoms with E-state index < -0.39 is 23.9 Å². The van der Waals surface area contributed by atoms with Crippen molar-refractivity contribution < 1.29 is 42.5 Å². The number of rotatable bonds is 13. The molecular weight excluding hydrogens is 587 g/mol. The summed E-state index contributed by atoms with van der Waals surface area (Å²) in [6.45, 7) is 3.13. The number of esters is 1. The zero-order chi connectivity index (χ0) is 32.3. The Labute approximate surface area is 259 Å². The van der Waals surface area contributed by atoms with Gasteiger partial charge < -0.3 is 34.3 Å². The van der Waals surface area contributed by atoms with Crippen molar-refractivity contribution in [1.82, 2.24) is 16.1 Å². The van der Waals surface area contributed by atoms with Crippen molar-refractivity contribution in [3.8, 4) is 23.0 Å². The Bertz CT molecular complexity index is 1620. The van der Waals surface area contributed by atoms with Crippen LogP contribution in [0.15, 0.2) is 77.0 Å². The van der Waals surface area contributed by atoms with Crippen molar-refractivity contribution in [2.75, 3.05) is 27.4 Å². The van der Waals surface area contributed by atoms with Crippen LogP contribution in [0.1, 0.15) is 36.6 Å². The van der Waals surface area contributed by atoms with Crippen molar-refractivity contribution in [1.29, 1.82) is 0 Å². The van der Waals surface area contributed by atoms with Crippen LogP contribution in [0.4, 0.5) is 9.18 Å². The van der Waals surface area contributed by atoms with E-state index in [1.54, 1.807) is 68.4 Å². The highest BCUT2D eigenvalue weighted by atomic mass is 19.1. The van der Waals surface area contributed by atoms with Crippen LogP contribution in [0.5, 0.6) is 23.0 Å². The Morgan fingerprint density at radius 1 is 0.978 bits per heavy atom. The topological polar surface area (TPSA) is 146 Å². The van der Waals surface area contributed by atoms with Crippen LogP contribution in [0.25, 0.3) is 0 Å². The van der Waals surface area contributed by atoms with Crippen molar-refractivity contribution in [2.45, 2.75) is 26.5 Å². The van der Waals surface area contributed by atoms with Gasteiger partial charge >= 0.3 is 12.0 Å². The van der Waals surface area contributed by atoms with E-state index in [0.29, 0.717) is 33.9 Å². The molecule has 0 fully saturated rings. The average Bonchev–Trinajstić information content (AvgIpc) is 3.03. The normalized spacial score (nSPS) is 14.3. The molecule has 0 unspecified atom stereocenters. The second-order valence-electron chi connectivity index (χ2n) is 9.57. The van der Waals surface area contributed by atoms with Gasteiger partial charge in [-0.15, -0.1) is 0 Å². The van der Waals surface area contributed by atoms with Crippen molar-refractivity contribution in [2.24, 2.45) is 5.10 Å². The lowest BCUT2D eigenvalue weighted by Gasteiger charge is -2.28. The number of benzene rings is 3. The van der Waals surface area contributed by atoms with Gasteiger partial charge in [0.25, 0.3) is 5.91 Å². The van der Waals surface area contributed by atoms with Crippen molar-refractivity contribution >= 4 is 24.1 Å². The van der Waals surface area contributed by atoms with Gasteiger partial charge in [0.15, 0.2) is 29.6 Å². The van der Waals surface area contributed by atoms with E-state index in [-0.39, 0.29) is 42.7 Å². The fourth-order valence-electron chi connectivity index (χ4n) is 4.42. The molecule has 0 spiro atoms. The molecule has 0 radical (unpaired) electrons. The fraction of sp³-hybridized carbons (Fsp3) is 0.250. The van der Waals surface area contributed by atoms with Gasteiger partial charge in [-0.05, 0) is 61.4 Å². The molecule has 0 saturated heterocycles. The molecule has 3 aromatic carbocycles. The number of hydrazone groups is 1. The van der Waals surface area contributed by atoms with Gasteiger partial charge in [0.2, 0.25) is 0 Å². The number of hydrogen-bond acceptors (Lipinski definition) is 9. The predicted octanol–water partition coefficient (Wildman–Crippen LogP) is 4.14. The molecule has 0 aromatic heterocycles. The third kappa shape index (κ3) is 8.28. The number of amides is 3. The number of hydrogen-bond donors (Lipinski definition) is 3. The number of allylic oxidation sites excluding steroid dienone is 1. The molecular formula is C32H33FN4O8. The zero-order valence-electron chi connectivity index (χ0n) is 25.1. The average molecular weight is 621 g/mol. The second kappa shape index (κ2) is 15.2. The molecule has 3 amide bonds. The molecule has 0 saturated carbocycles. The Morgan fingerprint density at radius 2 is 1.69 bits per heavy atom. The number of carbonyl (C=O) groups is 3. The van der Waals surface area contributed by atoms with Gasteiger partial charge in [-0.25, -0.2) is 19.4 Å². The summed E-state index contributed by atoms with van der Waals surface area (Å²) >= 11 is 0. The van der Waals surface area contributed by atoms with Crippen LogP contribution in [-0.4, -0.2) is 51.6 Å². The number of urea groups is 1. The van der Waals surface area contributed by atoms with Crippen LogP contribution in [0.3, 0.4) is 0 Å². The number of ether oxygens (including phenoxy) is 5. The van der Waals surface area contributed by atoms with Crippen LogP contribution >= 0.6 is 0 Å². The van der Waals surface area contributed by atoms with E-state index in [1.807, 2.05) is 0 Å². The Balaban J connectivity index is 1.35. The lowest BCUT2D eigenvalue weighted by atomic mass is 9.95. The van der Waals surface area contributed by atoms with E-state index in [4.69, 9.17) is 23.7 Å². The van der Waals surface area contributed by atoms with E-state index >= 15 is 0 Å². The monoisotopic (exact) mass is 620 g/mol. The van der Waals surface area contributed by atoms with Gasteiger partial charge in [-0.1, -0.05) is 24.3 Å². The Morgan fingerprint density at radius 3 is 2.42 bits per heavy atom. The predicted molar refractivity (Wildman–Crippen MR) is 162 cm³/mol. The van der Waals surface area contributed by atoms with Crippen molar-refractivity contribution in [3.63, 3.8) is 0 Å². The summed E-state index contributed by atoms with van der Waals surface area (Å²) in [6.07, 6.45) is 1.42. The SMILES string of the molecule is CCOC(=O)C1=C(C)NC(=O)N[C@H]1c1ccc(OCC(=O)N/N=C\c2ccc(OCc3ccccc3F)c(OC)c2)c(OC)c1. The molecule has 0 aliphatic carbocycles. The molecule has 3 aromatic rings. The number of nitrogens with zero attached hydrogens (tertiary/aromatic N) is 1. The van der Waals surface area contributed by atoms with Crippen LogP contribution < -0.4 is 35.0 Å². The van der Waals surface area contributed by atoms with E-state index in [0.717, 1.165) is 0 Å². The van der Waals surface area contributed by atoms with E-state index in [1.165, 1.54) is 26.5 Å². The first-order valence-corrected chi connectivity index (χ1v) is 13.9. The van der Waals surface area contributed by atoms with Crippen LogP contribution in [0, 0.1) is 5.82 Å². The lowest BCUT2D eigenvalue weighted by Crippen LogP contribution is -2.45. The minimum absolute atomic E-state index is 0.0278. The summed E-state index contributed by atoms with van der Waals surface area (Å²) in [4.78, 5) is 37.2. The minimum atomic E-state index is -0.788. The summed E-state index contributed by atoms with van der Waals surface area (Å²) in [6, 6.07) is 14.9. The third-order valence-electron chi connectivity index (χ3n) is 6.58. The maximum Gasteiger partial charge on any atom is 0.338 e. The van der Waals surface area contributed by atoms with Crippen molar-refractivity contribution in [3.05, 3.63) is 94.4 Å². The Hall–Kier alpha value is -5.59. The molecule has 236 valence electrons. The maximum absolute atomic E-state index is 13.9. The molecule has 1 aliphatic heterocycles. The highest BCUT2D eigenvalue weighted by Gasteiger charge is 2.32. The molecule has 4 rings (SSSR count). The number of halogens is 1. The first-order chi connectivity index (χ1) is 21.7. The van der Waals surface area contributed by atoms with Crippen LogP contribution in [0.2, 0.25) is 0 Å². The maximum atomic E-state index is 13.9. The molecule has 1 heterocycles. The quantitative estimate of drug-likeness (QED) is 0.147. The molecule has 1 atom stereocenters. The number of nitrogens with one attached hydrogen (secondary N) is 3. The molecule has 3 N–H and O–H groups in total.